The number of carbonyl (C=O) groups excluding carboxylic acids is 1. The summed E-state index contributed by atoms with van der Waals surface area (Å²) in [7, 11) is 0. The molecule has 1 heterocycles. The molecule has 0 unspecified atom stereocenters. The van der Waals surface area contributed by atoms with Gasteiger partial charge < -0.3 is 9.26 Å². The Balaban J connectivity index is 1.64. The fourth-order valence-electron chi connectivity index (χ4n) is 2.24. The molecule has 2 aromatic carbocycles. The van der Waals surface area contributed by atoms with Crippen molar-refractivity contribution >= 4 is 23.5 Å². The van der Waals surface area contributed by atoms with Gasteiger partial charge in [-0.25, -0.2) is 0 Å². The molecule has 7 heteroatoms. The standard InChI is InChI=1S/C19H18ClN3O3/c1-11-4-9-16(10-12(11)2)25-13(3)17(24)21-19-22-18(26-23-19)14-5-7-15(20)8-6-14/h4-10,13H,1-3H3,(H,21,23,24)/t13-/m1/s1. The molecular formula is C19H18ClN3O3. The highest BCUT2D eigenvalue weighted by Crippen LogP contribution is 2.21. The predicted octanol–water partition coefficient (Wildman–Crippen LogP) is 4.41. The Bertz CT molecular complexity index is 922. The molecule has 0 fully saturated rings. The minimum Gasteiger partial charge on any atom is -0.481 e. The van der Waals surface area contributed by atoms with Crippen molar-refractivity contribution in [3.8, 4) is 17.2 Å². The maximum atomic E-state index is 12.3. The van der Waals surface area contributed by atoms with E-state index in [9.17, 15) is 4.79 Å². The number of aryl methyl sites for hydroxylation is 2. The highest BCUT2D eigenvalue weighted by molar-refractivity contribution is 6.30. The van der Waals surface area contributed by atoms with Crippen LogP contribution in [0, 0.1) is 13.8 Å². The molecule has 0 bridgehead atoms. The fourth-order valence-corrected chi connectivity index (χ4v) is 2.37. The molecule has 1 N–H and O–H groups in total. The van der Waals surface area contributed by atoms with Crippen molar-refractivity contribution in [1.29, 1.82) is 0 Å². The lowest BCUT2D eigenvalue weighted by Gasteiger charge is -2.14. The van der Waals surface area contributed by atoms with Crippen molar-refractivity contribution in [1.82, 2.24) is 10.1 Å². The van der Waals surface area contributed by atoms with E-state index in [1.54, 1.807) is 31.2 Å². The van der Waals surface area contributed by atoms with Crippen LogP contribution in [0.25, 0.3) is 11.5 Å². The van der Waals surface area contributed by atoms with Gasteiger partial charge in [0.1, 0.15) is 5.75 Å². The number of rotatable bonds is 5. The number of hydrogen-bond donors (Lipinski definition) is 1. The molecular weight excluding hydrogens is 354 g/mol. The van der Waals surface area contributed by atoms with Gasteiger partial charge in [-0.1, -0.05) is 17.7 Å². The zero-order chi connectivity index (χ0) is 18.7. The van der Waals surface area contributed by atoms with Crippen LogP contribution < -0.4 is 10.1 Å². The fraction of sp³-hybridized carbons (Fsp3) is 0.211. The van der Waals surface area contributed by atoms with Gasteiger partial charge in [-0.2, -0.15) is 4.98 Å². The summed E-state index contributed by atoms with van der Waals surface area (Å²) < 4.78 is 10.8. The Morgan fingerprint density at radius 2 is 1.88 bits per heavy atom. The summed E-state index contributed by atoms with van der Waals surface area (Å²) in [6, 6.07) is 12.6. The normalized spacial score (nSPS) is 11.8. The SMILES string of the molecule is Cc1ccc(O[C@H](C)C(=O)Nc2noc(-c3ccc(Cl)cc3)n2)cc1C. The van der Waals surface area contributed by atoms with E-state index < -0.39 is 6.10 Å². The Morgan fingerprint density at radius 3 is 2.58 bits per heavy atom. The van der Waals surface area contributed by atoms with Gasteiger partial charge in [0.25, 0.3) is 17.7 Å². The first kappa shape index (κ1) is 17.9. The van der Waals surface area contributed by atoms with Crippen LogP contribution in [0.15, 0.2) is 47.0 Å². The van der Waals surface area contributed by atoms with Gasteiger partial charge in [0.15, 0.2) is 6.10 Å². The van der Waals surface area contributed by atoms with Gasteiger partial charge in [0, 0.05) is 10.6 Å². The summed E-state index contributed by atoms with van der Waals surface area (Å²) in [5, 5.41) is 6.96. The van der Waals surface area contributed by atoms with Gasteiger partial charge in [-0.3, -0.25) is 10.1 Å². The van der Waals surface area contributed by atoms with Crippen LogP contribution in [0.2, 0.25) is 5.02 Å². The van der Waals surface area contributed by atoms with E-state index >= 15 is 0 Å². The second-order valence-corrected chi connectivity index (χ2v) is 6.36. The Labute approximate surface area is 156 Å². The average molecular weight is 372 g/mol. The molecule has 6 nitrogen and oxygen atoms in total. The molecule has 0 radical (unpaired) electrons. The molecule has 26 heavy (non-hydrogen) atoms. The van der Waals surface area contributed by atoms with Crippen molar-refractivity contribution in [3.05, 3.63) is 58.6 Å². The second-order valence-electron chi connectivity index (χ2n) is 5.93. The molecule has 134 valence electrons. The Morgan fingerprint density at radius 1 is 1.15 bits per heavy atom. The lowest BCUT2D eigenvalue weighted by atomic mass is 10.1. The van der Waals surface area contributed by atoms with Gasteiger partial charge in [-0.05, 0) is 73.5 Å². The number of aromatic nitrogens is 2. The first-order valence-corrected chi connectivity index (χ1v) is 8.44. The molecule has 0 saturated heterocycles. The van der Waals surface area contributed by atoms with Gasteiger partial charge in [-0.15, -0.1) is 0 Å². The molecule has 0 saturated carbocycles. The number of halogens is 1. The Hall–Kier alpha value is -2.86. The minimum absolute atomic E-state index is 0.0792. The van der Waals surface area contributed by atoms with E-state index in [2.05, 4.69) is 15.5 Å². The summed E-state index contributed by atoms with van der Waals surface area (Å²) in [4.78, 5) is 16.4. The molecule has 0 aliphatic rings. The van der Waals surface area contributed by atoms with Gasteiger partial charge in [0.2, 0.25) is 0 Å². The van der Waals surface area contributed by atoms with E-state index in [0.29, 0.717) is 22.2 Å². The van der Waals surface area contributed by atoms with Crippen LogP contribution in [0.5, 0.6) is 5.75 Å². The monoisotopic (exact) mass is 371 g/mol. The largest absolute Gasteiger partial charge is 0.481 e. The number of benzene rings is 2. The van der Waals surface area contributed by atoms with E-state index in [-0.39, 0.29) is 11.9 Å². The number of carbonyl (C=O) groups is 1. The molecule has 1 aromatic heterocycles. The number of ether oxygens (including phenoxy) is 1. The van der Waals surface area contributed by atoms with Crippen LogP contribution in [0.3, 0.4) is 0 Å². The van der Waals surface area contributed by atoms with Gasteiger partial charge in [0.05, 0.1) is 0 Å². The summed E-state index contributed by atoms with van der Waals surface area (Å²) in [5.74, 6) is 0.632. The van der Waals surface area contributed by atoms with Crippen molar-refractivity contribution in [3.63, 3.8) is 0 Å². The number of nitrogens with zero attached hydrogens (tertiary/aromatic N) is 2. The quantitative estimate of drug-likeness (QED) is 0.718. The van der Waals surface area contributed by atoms with E-state index in [0.717, 1.165) is 11.1 Å². The van der Waals surface area contributed by atoms with E-state index in [1.165, 1.54) is 0 Å². The topological polar surface area (TPSA) is 77.2 Å². The number of nitrogens with one attached hydrogen (secondary N) is 1. The van der Waals surface area contributed by atoms with Crippen LogP contribution in [0.4, 0.5) is 5.95 Å². The Kier molecular flexibility index (Phi) is 5.23. The van der Waals surface area contributed by atoms with Crippen molar-refractivity contribution in [2.75, 3.05) is 5.32 Å². The number of anilines is 1. The molecule has 0 aliphatic heterocycles. The number of amides is 1. The zero-order valence-electron chi connectivity index (χ0n) is 14.6. The third-order valence-electron chi connectivity index (χ3n) is 3.91. The maximum Gasteiger partial charge on any atom is 0.270 e. The summed E-state index contributed by atoms with van der Waals surface area (Å²) in [6.07, 6.45) is -0.713. The average Bonchev–Trinajstić information content (AvgIpc) is 3.07. The van der Waals surface area contributed by atoms with E-state index in [4.69, 9.17) is 20.9 Å². The molecule has 0 spiro atoms. The molecule has 1 atom stereocenters. The molecule has 3 aromatic rings. The van der Waals surface area contributed by atoms with Crippen LogP contribution in [-0.4, -0.2) is 22.2 Å². The second kappa shape index (κ2) is 7.58. The lowest BCUT2D eigenvalue weighted by Crippen LogP contribution is -2.30. The smallest absolute Gasteiger partial charge is 0.270 e. The molecule has 3 rings (SSSR count). The third kappa shape index (κ3) is 4.21. The summed E-state index contributed by atoms with van der Waals surface area (Å²) in [6.45, 7) is 5.67. The van der Waals surface area contributed by atoms with Crippen LogP contribution in [-0.2, 0) is 4.79 Å². The molecule has 1 amide bonds. The highest BCUT2D eigenvalue weighted by atomic mass is 35.5. The third-order valence-corrected chi connectivity index (χ3v) is 4.16. The highest BCUT2D eigenvalue weighted by Gasteiger charge is 2.18. The number of hydrogen-bond acceptors (Lipinski definition) is 5. The lowest BCUT2D eigenvalue weighted by molar-refractivity contribution is -0.122. The molecule has 0 aliphatic carbocycles. The zero-order valence-corrected chi connectivity index (χ0v) is 15.4. The predicted molar refractivity (Wildman–Crippen MR) is 99.4 cm³/mol. The first-order chi connectivity index (χ1) is 12.4. The summed E-state index contributed by atoms with van der Waals surface area (Å²) >= 11 is 5.86. The van der Waals surface area contributed by atoms with Crippen LogP contribution in [0.1, 0.15) is 18.1 Å². The first-order valence-electron chi connectivity index (χ1n) is 8.07. The van der Waals surface area contributed by atoms with E-state index in [1.807, 2.05) is 32.0 Å². The van der Waals surface area contributed by atoms with Gasteiger partial charge >= 0.3 is 0 Å². The minimum atomic E-state index is -0.713. The van der Waals surface area contributed by atoms with Crippen molar-refractivity contribution in [2.24, 2.45) is 0 Å². The van der Waals surface area contributed by atoms with Crippen molar-refractivity contribution in [2.45, 2.75) is 26.9 Å². The van der Waals surface area contributed by atoms with Crippen LogP contribution >= 0.6 is 11.6 Å². The maximum absolute atomic E-state index is 12.3. The summed E-state index contributed by atoms with van der Waals surface area (Å²) in [5.41, 5.74) is 2.97. The van der Waals surface area contributed by atoms with Crippen molar-refractivity contribution < 1.29 is 14.1 Å².